The van der Waals surface area contributed by atoms with E-state index in [-0.39, 0.29) is 42.2 Å². The van der Waals surface area contributed by atoms with Crippen LogP contribution in [-0.4, -0.2) is 24.1 Å². The predicted octanol–water partition coefficient (Wildman–Crippen LogP) is 3.71. The first kappa shape index (κ1) is 21.6. The van der Waals surface area contributed by atoms with E-state index in [1.54, 1.807) is 18.3 Å². The van der Waals surface area contributed by atoms with Crippen LogP contribution in [0.3, 0.4) is 0 Å². The molecule has 136 valence electrons. The third kappa shape index (κ3) is 7.95. The largest absolute Gasteiger partial charge is 0.434 e. The van der Waals surface area contributed by atoms with Crippen molar-refractivity contribution in [1.82, 2.24) is 10.3 Å². The third-order valence-corrected chi connectivity index (χ3v) is 3.56. The van der Waals surface area contributed by atoms with Gasteiger partial charge in [0.25, 0.3) is 0 Å². The fourth-order valence-electron chi connectivity index (χ4n) is 1.97. The van der Waals surface area contributed by atoms with Gasteiger partial charge < -0.3 is 15.8 Å². The minimum atomic E-state index is -2.89. The Hall–Kier alpha value is -1.49. The summed E-state index contributed by atoms with van der Waals surface area (Å²) in [5.74, 6) is 0.312. The van der Waals surface area contributed by atoms with Crippen molar-refractivity contribution >= 4 is 45.9 Å². The number of nitrogens with zero attached hydrogens (tertiary/aromatic N) is 2. The van der Waals surface area contributed by atoms with Gasteiger partial charge in [-0.3, -0.25) is 4.98 Å². The first-order valence-corrected chi connectivity index (χ1v) is 8.01. The van der Waals surface area contributed by atoms with Crippen molar-refractivity contribution in [2.24, 2.45) is 10.7 Å². The molecule has 3 N–H and O–H groups in total. The summed E-state index contributed by atoms with van der Waals surface area (Å²) in [6.07, 6.45) is 2.43. The second kappa shape index (κ2) is 11.2. The maximum absolute atomic E-state index is 12.4. The molecule has 0 spiro atoms. The fourth-order valence-corrected chi connectivity index (χ4v) is 2.38. The first-order valence-electron chi connectivity index (χ1n) is 7.21. The Morgan fingerprint density at radius 3 is 2.80 bits per heavy atom. The first-order chi connectivity index (χ1) is 11.5. The third-order valence-electron chi connectivity index (χ3n) is 3.07. The molecule has 1 aromatic carbocycles. The summed E-state index contributed by atoms with van der Waals surface area (Å²) in [6.45, 7) is -2.18. The molecule has 0 fully saturated rings. The fraction of sp³-hybridized carbons (Fsp3) is 0.250. The summed E-state index contributed by atoms with van der Waals surface area (Å²) in [6, 6.07) is 10.4. The molecule has 2 aromatic rings. The molecule has 0 bridgehead atoms. The number of hydrogen-bond acceptors (Lipinski definition) is 3. The quantitative estimate of drug-likeness (QED) is 0.328. The van der Waals surface area contributed by atoms with Crippen LogP contribution in [-0.2, 0) is 13.0 Å². The minimum Gasteiger partial charge on any atom is -0.434 e. The van der Waals surface area contributed by atoms with E-state index in [0.717, 1.165) is 10.2 Å². The normalized spacial score (nSPS) is 11.1. The number of rotatable bonds is 7. The minimum absolute atomic E-state index is 0. The molecule has 0 radical (unpaired) electrons. The molecule has 5 nitrogen and oxygen atoms in total. The average Bonchev–Trinajstić information content (AvgIpc) is 2.55. The number of alkyl halides is 2. The standard InChI is InChI=1S/C16H17BrF2N4O.HI/c17-12-4-5-14(24-15(18)19)11(9-12)10-23-16(20)22-8-6-13-3-1-2-7-21-13;/h1-5,7,9,15H,6,8,10H2,(H3,20,22,23);1H. The number of nitrogens with two attached hydrogens (primary N) is 1. The Bertz CT molecular complexity index is 689. The molecular weight excluding hydrogens is 509 g/mol. The molecule has 0 aliphatic heterocycles. The van der Waals surface area contributed by atoms with Gasteiger partial charge in [-0.25, -0.2) is 4.99 Å². The second-order valence-corrected chi connectivity index (χ2v) is 5.75. The number of ether oxygens (including phenoxy) is 1. The van der Waals surface area contributed by atoms with E-state index < -0.39 is 6.61 Å². The van der Waals surface area contributed by atoms with Gasteiger partial charge in [-0.05, 0) is 30.3 Å². The summed E-state index contributed by atoms with van der Waals surface area (Å²) >= 11 is 3.29. The molecule has 2 rings (SSSR count). The highest BCUT2D eigenvalue weighted by atomic mass is 127. The van der Waals surface area contributed by atoms with Crippen LogP contribution in [0.4, 0.5) is 8.78 Å². The average molecular weight is 527 g/mol. The van der Waals surface area contributed by atoms with E-state index in [1.807, 2.05) is 18.2 Å². The monoisotopic (exact) mass is 526 g/mol. The van der Waals surface area contributed by atoms with Crippen LogP contribution in [0.5, 0.6) is 5.75 Å². The number of aliphatic imine (C=N–C) groups is 1. The Morgan fingerprint density at radius 2 is 2.12 bits per heavy atom. The summed E-state index contributed by atoms with van der Waals surface area (Å²) in [5.41, 5.74) is 7.25. The summed E-state index contributed by atoms with van der Waals surface area (Å²) in [5, 5.41) is 2.96. The predicted molar refractivity (Wildman–Crippen MR) is 107 cm³/mol. The van der Waals surface area contributed by atoms with Gasteiger partial charge in [-0.2, -0.15) is 8.78 Å². The highest BCUT2D eigenvalue weighted by Crippen LogP contribution is 2.25. The molecule has 0 saturated heterocycles. The van der Waals surface area contributed by atoms with Crippen molar-refractivity contribution in [3.63, 3.8) is 0 Å². The highest BCUT2D eigenvalue weighted by molar-refractivity contribution is 14.0. The molecule has 1 aromatic heterocycles. The van der Waals surface area contributed by atoms with E-state index in [4.69, 9.17) is 5.73 Å². The lowest BCUT2D eigenvalue weighted by atomic mass is 10.2. The number of hydrogen-bond donors (Lipinski definition) is 2. The van der Waals surface area contributed by atoms with Gasteiger partial charge >= 0.3 is 6.61 Å². The molecule has 9 heteroatoms. The van der Waals surface area contributed by atoms with Crippen molar-refractivity contribution in [3.8, 4) is 5.75 Å². The van der Waals surface area contributed by atoms with Gasteiger partial charge in [0.15, 0.2) is 5.96 Å². The Morgan fingerprint density at radius 1 is 1.32 bits per heavy atom. The molecule has 0 amide bonds. The van der Waals surface area contributed by atoms with E-state index >= 15 is 0 Å². The summed E-state index contributed by atoms with van der Waals surface area (Å²) in [7, 11) is 0. The van der Waals surface area contributed by atoms with Crippen LogP contribution < -0.4 is 15.8 Å². The molecule has 25 heavy (non-hydrogen) atoms. The van der Waals surface area contributed by atoms with Crippen molar-refractivity contribution < 1.29 is 13.5 Å². The SMILES string of the molecule is I.NC(=NCc1cc(Br)ccc1OC(F)F)NCCc1ccccn1. The van der Waals surface area contributed by atoms with Crippen LogP contribution >= 0.6 is 39.9 Å². The van der Waals surface area contributed by atoms with Crippen LogP contribution in [0, 0.1) is 0 Å². The Kier molecular flexibility index (Phi) is 9.65. The Balaban J connectivity index is 0.00000312. The van der Waals surface area contributed by atoms with Gasteiger partial charge in [0, 0.05) is 34.9 Å². The second-order valence-electron chi connectivity index (χ2n) is 4.83. The lowest BCUT2D eigenvalue weighted by molar-refractivity contribution is -0.0504. The summed E-state index contributed by atoms with van der Waals surface area (Å²) < 4.78 is 30.1. The zero-order valence-corrected chi connectivity index (χ0v) is 17.1. The maximum Gasteiger partial charge on any atom is 0.387 e. The molecule has 0 unspecified atom stereocenters. The molecular formula is C16H18BrF2IN4O. The van der Waals surface area contributed by atoms with E-state index in [1.165, 1.54) is 6.07 Å². The van der Waals surface area contributed by atoms with Gasteiger partial charge in [-0.15, -0.1) is 24.0 Å². The number of aromatic nitrogens is 1. The van der Waals surface area contributed by atoms with E-state index in [2.05, 4.69) is 36.0 Å². The van der Waals surface area contributed by atoms with Crippen molar-refractivity contribution in [1.29, 1.82) is 0 Å². The van der Waals surface area contributed by atoms with Crippen LogP contribution in [0.25, 0.3) is 0 Å². The number of benzene rings is 1. The van der Waals surface area contributed by atoms with Gasteiger partial charge in [0.1, 0.15) is 5.75 Å². The number of nitrogens with one attached hydrogen (secondary N) is 1. The summed E-state index contributed by atoms with van der Waals surface area (Å²) in [4.78, 5) is 8.36. The topological polar surface area (TPSA) is 72.5 Å². The van der Waals surface area contributed by atoms with Crippen molar-refractivity contribution in [2.75, 3.05) is 6.54 Å². The Labute approximate surface area is 170 Å². The smallest absolute Gasteiger partial charge is 0.387 e. The van der Waals surface area contributed by atoms with Crippen molar-refractivity contribution in [2.45, 2.75) is 19.6 Å². The van der Waals surface area contributed by atoms with Gasteiger partial charge in [0.2, 0.25) is 0 Å². The zero-order chi connectivity index (χ0) is 17.4. The molecule has 0 aliphatic carbocycles. The van der Waals surface area contributed by atoms with Gasteiger partial charge in [-0.1, -0.05) is 22.0 Å². The molecule has 0 aliphatic rings. The lowest BCUT2D eigenvalue weighted by Crippen LogP contribution is -2.33. The molecule has 0 atom stereocenters. The zero-order valence-electron chi connectivity index (χ0n) is 13.2. The van der Waals surface area contributed by atoms with E-state index in [0.29, 0.717) is 18.5 Å². The number of pyridine rings is 1. The number of halogens is 4. The van der Waals surface area contributed by atoms with E-state index in [9.17, 15) is 8.78 Å². The maximum atomic E-state index is 12.4. The van der Waals surface area contributed by atoms with Gasteiger partial charge in [0.05, 0.1) is 6.54 Å². The van der Waals surface area contributed by atoms with Crippen LogP contribution in [0.2, 0.25) is 0 Å². The van der Waals surface area contributed by atoms with Crippen molar-refractivity contribution in [3.05, 3.63) is 58.3 Å². The van der Waals surface area contributed by atoms with Crippen LogP contribution in [0.15, 0.2) is 52.1 Å². The highest BCUT2D eigenvalue weighted by Gasteiger charge is 2.10. The number of guanidine groups is 1. The molecule has 1 heterocycles. The van der Waals surface area contributed by atoms with Crippen LogP contribution in [0.1, 0.15) is 11.3 Å². The molecule has 0 saturated carbocycles. The lowest BCUT2D eigenvalue weighted by Gasteiger charge is -2.10.